The second-order valence-electron chi connectivity index (χ2n) is 7.38. The summed E-state index contributed by atoms with van der Waals surface area (Å²) in [5.41, 5.74) is 3.42. The van der Waals surface area contributed by atoms with E-state index in [0.29, 0.717) is 29.8 Å². The number of nitrogens with zero attached hydrogens (tertiary/aromatic N) is 5. The van der Waals surface area contributed by atoms with Crippen molar-refractivity contribution in [2.24, 2.45) is 0 Å². The molecule has 2 N–H and O–H groups in total. The first-order valence-electron chi connectivity index (χ1n) is 10.5. The smallest absolute Gasteiger partial charge is 0.308 e. The number of rotatable bonds is 8. The number of pyridine rings is 1. The van der Waals surface area contributed by atoms with E-state index in [0.717, 1.165) is 39.1 Å². The van der Waals surface area contributed by atoms with E-state index in [1.54, 1.807) is 16.7 Å². The van der Waals surface area contributed by atoms with Crippen LogP contribution in [0.2, 0.25) is 0 Å². The van der Waals surface area contributed by atoms with Crippen molar-refractivity contribution >= 4 is 35.6 Å². The molecule has 1 amide bonds. The van der Waals surface area contributed by atoms with Crippen LogP contribution < -0.4 is 20.1 Å². The van der Waals surface area contributed by atoms with Crippen LogP contribution in [0.4, 0.5) is 5.69 Å². The highest BCUT2D eigenvalue weighted by atomic mass is 32.1. The molecule has 3 aromatic heterocycles. The van der Waals surface area contributed by atoms with Gasteiger partial charge in [-0.3, -0.25) is 19.1 Å². The standard InChI is InChI=1S/C23H23N7O2S/c1-3-16-6-9-19(24-14-16)13-20-15(2)30(23(32)33-20)12-4-5-21(31)25-18-10-7-17(8-11-18)22-26-28-29-27-22/h6-11,13-14H,2-5,12H2,1H3,(H,25,31)(H,26,27,28,29)/b20-13-. The van der Waals surface area contributed by atoms with Gasteiger partial charge in [-0.25, -0.2) is 0 Å². The molecular weight excluding hydrogens is 438 g/mol. The van der Waals surface area contributed by atoms with Crippen LogP contribution in [0.15, 0.2) is 47.4 Å². The summed E-state index contributed by atoms with van der Waals surface area (Å²) >= 11 is 1.14. The number of hydrogen-bond donors (Lipinski definition) is 2. The molecule has 4 rings (SSSR count). The first-order chi connectivity index (χ1) is 16.0. The number of thiazole rings is 1. The van der Waals surface area contributed by atoms with Crippen LogP contribution in [0, 0.1) is 0 Å². The van der Waals surface area contributed by atoms with Gasteiger partial charge < -0.3 is 5.32 Å². The predicted molar refractivity (Wildman–Crippen MR) is 128 cm³/mol. The van der Waals surface area contributed by atoms with Crippen LogP contribution in [0.1, 0.15) is 31.0 Å². The van der Waals surface area contributed by atoms with E-state index >= 15 is 0 Å². The van der Waals surface area contributed by atoms with Crippen molar-refractivity contribution in [1.82, 2.24) is 30.2 Å². The lowest BCUT2D eigenvalue weighted by Crippen LogP contribution is -2.31. The lowest BCUT2D eigenvalue weighted by molar-refractivity contribution is -0.116. The molecule has 0 spiro atoms. The number of aryl methyl sites for hydroxylation is 1. The Morgan fingerprint density at radius 1 is 1.24 bits per heavy atom. The number of anilines is 1. The SMILES string of the molecule is C=c1/c(=C/c2ccc(CC)cn2)sc(=O)n1CCCC(=O)Nc1ccc(-c2nn[nH]n2)cc1. The number of aromatic nitrogens is 6. The van der Waals surface area contributed by atoms with Gasteiger partial charge in [-0.05, 0) is 60.0 Å². The Balaban J connectivity index is 1.34. The first-order valence-corrected chi connectivity index (χ1v) is 11.3. The minimum absolute atomic E-state index is 0.0890. The van der Waals surface area contributed by atoms with Gasteiger partial charge in [-0.2, -0.15) is 5.21 Å². The number of benzene rings is 1. The van der Waals surface area contributed by atoms with E-state index in [2.05, 4.69) is 44.4 Å². The zero-order chi connectivity index (χ0) is 23.2. The molecule has 0 atom stereocenters. The van der Waals surface area contributed by atoms with Crippen LogP contribution in [0.3, 0.4) is 0 Å². The molecule has 0 aliphatic heterocycles. The molecule has 0 bridgehead atoms. The number of hydrogen-bond acceptors (Lipinski definition) is 7. The molecule has 0 saturated heterocycles. The van der Waals surface area contributed by atoms with Crippen molar-refractivity contribution in [3.63, 3.8) is 0 Å². The third-order valence-electron chi connectivity index (χ3n) is 5.12. The second kappa shape index (κ2) is 10.1. The van der Waals surface area contributed by atoms with Crippen molar-refractivity contribution in [1.29, 1.82) is 0 Å². The molecule has 9 nitrogen and oxygen atoms in total. The number of carbonyl (C=O) groups excluding carboxylic acids is 1. The van der Waals surface area contributed by atoms with Gasteiger partial charge in [-0.1, -0.05) is 30.9 Å². The van der Waals surface area contributed by atoms with E-state index in [1.165, 1.54) is 0 Å². The lowest BCUT2D eigenvalue weighted by Gasteiger charge is -2.06. The van der Waals surface area contributed by atoms with E-state index in [1.807, 2.05) is 36.5 Å². The van der Waals surface area contributed by atoms with Gasteiger partial charge in [0, 0.05) is 30.4 Å². The minimum Gasteiger partial charge on any atom is -0.326 e. The Hall–Kier alpha value is -3.92. The largest absolute Gasteiger partial charge is 0.326 e. The summed E-state index contributed by atoms with van der Waals surface area (Å²) in [7, 11) is 0. The van der Waals surface area contributed by atoms with E-state index in [4.69, 9.17) is 0 Å². The summed E-state index contributed by atoms with van der Waals surface area (Å²) < 4.78 is 2.40. The molecule has 3 heterocycles. The molecule has 33 heavy (non-hydrogen) atoms. The fraction of sp³-hybridized carbons (Fsp3) is 0.217. The van der Waals surface area contributed by atoms with Crippen molar-refractivity contribution in [2.75, 3.05) is 5.32 Å². The van der Waals surface area contributed by atoms with Crippen LogP contribution in [-0.4, -0.2) is 36.1 Å². The summed E-state index contributed by atoms with van der Waals surface area (Å²) in [5.74, 6) is 0.367. The molecular formula is C23H23N7O2S. The molecule has 1 aromatic carbocycles. The maximum atomic E-state index is 12.4. The van der Waals surface area contributed by atoms with Gasteiger partial charge in [-0.15, -0.1) is 10.2 Å². The van der Waals surface area contributed by atoms with Crippen LogP contribution in [-0.2, 0) is 17.8 Å². The van der Waals surface area contributed by atoms with Crippen LogP contribution in [0.25, 0.3) is 24.0 Å². The van der Waals surface area contributed by atoms with Crippen LogP contribution >= 0.6 is 11.3 Å². The Morgan fingerprint density at radius 3 is 2.73 bits per heavy atom. The fourth-order valence-corrected chi connectivity index (χ4v) is 4.17. The summed E-state index contributed by atoms with van der Waals surface area (Å²) in [6.07, 6.45) is 5.44. The van der Waals surface area contributed by atoms with Gasteiger partial charge in [0.25, 0.3) is 0 Å². The van der Waals surface area contributed by atoms with Gasteiger partial charge >= 0.3 is 4.87 Å². The Bertz CT molecular complexity index is 1390. The average Bonchev–Trinajstić information content (AvgIpc) is 3.45. The highest BCUT2D eigenvalue weighted by Crippen LogP contribution is 2.17. The van der Waals surface area contributed by atoms with Gasteiger partial charge in [0.15, 0.2) is 0 Å². The number of carbonyl (C=O) groups is 1. The molecule has 4 aromatic rings. The third-order valence-corrected chi connectivity index (χ3v) is 6.09. The molecule has 0 aliphatic carbocycles. The van der Waals surface area contributed by atoms with E-state index in [-0.39, 0.29) is 17.2 Å². The highest BCUT2D eigenvalue weighted by molar-refractivity contribution is 7.07. The predicted octanol–water partition coefficient (Wildman–Crippen LogP) is 1.71. The minimum atomic E-state index is -0.122. The number of aromatic amines is 1. The quantitative estimate of drug-likeness (QED) is 0.412. The Morgan fingerprint density at radius 2 is 2.06 bits per heavy atom. The second-order valence-corrected chi connectivity index (χ2v) is 8.38. The summed E-state index contributed by atoms with van der Waals surface area (Å²) in [6, 6.07) is 11.1. The van der Waals surface area contributed by atoms with Gasteiger partial charge in [0.1, 0.15) is 0 Å². The summed E-state index contributed by atoms with van der Waals surface area (Å²) in [4.78, 5) is 29.1. The third kappa shape index (κ3) is 5.47. The molecule has 0 saturated carbocycles. The lowest BCUT2D eigenvalue weighted by atomic mass is 10.2. The molecule has 0 unspecified atom stereocenters. The fourth-order valence-electron chi connectivity index (χ4n) is 3.26. The Kier molecular flexibility index (Phi) is 6.84. The number of H-pyrrole nitrogens is 1. The van der Waals surface area contributed by atoms with Crippen molar-refractivity contribution < 1.29 is 4.79 Å². The number of amides is 1. The first kappa shape index (κ1) is 22.3. The van der Waals surface area contributed by atoms with E-state index in [9.17, 15) is 9.59 Å². The molecule has 0 radical (unpaired) electrons. The monoisotopic (exact) mass is 461 g/mol. The summed E-state index contributed by atoms with van der Waals surface area (Å²) in [6.45, 7) is 6.57. The highest BCUT2D eigenvalue weighted by Gasteiger charge is 2.07. The molecule has 0 fully saturated rings. The maximum absolute atomic E-state index is 12.4. The van der Waals surface area contributed by atoms with Gasteiger partial charge in [0.2, 0.25) is 11.7 Å². The molecule has 168 valence electrons. The zero-order valence-electron chi connectivity index (χ0n) is 18.1. The summed E-state index contributed by atoms with van der Waals surface area (Å²) in [5, 5.41) is 17.3. The van der Waals surface area contributed by atoms with E-state index < -0.39 is 0 Å². The van der Waals surface area contributed by atoms with Gasteiger partial charge in [0.05, 0.1) is 15.6 Å². The normalized spacial score (nSPS) is 11.6. The molecule has 10 heteroatoms. The topological polar surface area (TPSA) is 118 Å². The number of nitrogens with one attached hydrogen (secondary N) is 2. The molecule has 0 aliphatic rings. The Labute approximate surface area is 193 Å². The number of tetrazole rings is 1. The van der Waals surface area contributed by atoms with Crippen LogP contribution in [0.5, 0.6) is 0 Å². The average molecular weight is 462 g/mol. The maximum Gasteiger partial charge on any atom is 0.308 e. The van der Waals surface area contributed by atoms with Crippen molar-refractivity contribution in [3.05, 3.63) is 73.4 Å². The zero-order valence-corrected chi connectivity index (χ0v) is 18.9. The van der Waals surface area contributed by atoms with Crippen molar-refractivity contribution in [2.45, 2.75) is 32.7 Å². The van der Waals surface area contributed by atoms with Crippen molar-refractivity contribution in [3.8, 4) is 11.4 Å².